The molecule has 33 heavy (non-hydrogen) atoms. The number of aryl methyl sites for hydroxylation is 1. The third kappa shape index (κ3) is 4.67. The molecule has 2 N–H and O–H groups in total. The first kappa shape index (κ1) is 21.4. The lowest BCUT2D eigenvalue weighted by atomic mass is 10.1. The van der Waals surface area contributed by atoms with Crippen LogP contribution < -0.4 is 14.8 Å². The van der Waals surface area contributed by atoms with Crippen LogP contribution in [0, 0.1) is 11.7 Å². The Bertz CT molecular complexity index is 1370. The van der Waals surface area contributed by atoms with Gasteiger partial charge in [-0.15, -0.1) is 11.3 Å². The summed E-state index contributed by atoms with van der Waals surface area (Å²) in [7, 11) is 0. The van der Waals surface area contributed by atoms with E-state index >= 15 is 0 Å². The number of aromatic amines is 1. The molecule has 0 spiro atoms. The van der Waals surface area contributed by atoms with Crippen LogP contribution in [0.4, 0.5) is 5.13 Å². The molecule has 0 radical (unpaired) electrons. The number of anilines is 1. The third-order valence-electron chi connectivity index (χ3n) is 5.19. The number of nitrogens with zero attached hydrogens (tertiary/aromatic N) is 3. The van der Waals surface area contributed by atoms with Crippen molar-refractivity contribution >= 4 is 34.6 Å². The summed E-state index contributed by atoms with van der Waals surface area (Å²) < 4.78 is 13.5. The van der Waals surface area contributed by atoms with Gasteiger partial charge in [-0.1, -0.05) is 23.8 Å². The maximum atomic E-state index is 12.6. The van der Waals surface area contributed by atoms with Gasteiger partial charge in [-0.3, -0.25) is 14.5 Å². The molecule has 1 aliphatic rings. The average Bonchev–Trinajstić information content (AvgIpc) is 3.44. The molecule has 1 amide bonds. The van der Waals surface area contributed by atoms with E-state index in [1.54, 1.807) is 0 Å². The van der Waals surface area contributed by atoms with Gasteiger partial charge in [-0.25, -0.2) is 4.98 Å². The number of benzene rings is 2. The molecule has 0 aliphatic carbocycles. The zero-order chi connectivity index (χ0) is 22.8. The van der Waals surface area contributed by atoms with Crippen molar-refractivity contribution < 1.29 is 14.3 Å². The van der Waals surface area contributed by atoms with Crippen LogP contribution in [0.25, 0.3) is 22.6 Å². The summed E-state index contributed by atoms with van der Waals surface area (Å²) in [5.41, 5.74) is 3.75. The van der Waals surface area contributed by atoms with Gasteiger partial charge < -0.3 is 14.8 Å². The lowest BCUT2D eigenvalue weighted by Gasteiger charge is -2.18. The van der Waals surface area contributed by atoms with E-state index in [1.165, 1.54) is 11.3 Å². The van der Waals surface area contributed by atoms with Crippen molar-refractivity contribution in [3.05, 3.63) is 58.2 Å². The predicted molar refractivity (Wildman–Crippen MR) is 129 cm³/mol. The van der Waals surface area contributed by atoms with Crippen LogP contribution >= 0.6 is 23.6 Å². The monoisotopic (exact) mass is 479 g/mol. The normalized spacial score (nSPS) is 12.5. The molecule has 168 valence electrons. The molecule has 0 unspecified atom stereocenters. The van der Waals surface area contributed by atoms with Crippen LogP contribution in [0.15, 0.2) is 47.8 Å². The number of ether oxygens (including phenoxy) is 2. The molecular formula is C23H21N5O3S2. The minimum absolute atomic E-state index is 0.142. The maximum absolute atomic E-state index is 12.6. The van der Waals surface area contributed by atoms with Gasteiger partial charge in [0, 0.05) is 29.5 Å². The molecule has 8 nitrogen and oxygen atoms in total. The van der Waals surface area contributed by atoms with E-state index in [-0.39, 0.29) is 12.3 Å². The number of nitrogens with one attached hydrogen (secondary N) is 2. The second-order valence-electron chi connectivity index (χ2n) is 7.57. The number of carbonyl (C=O) groups excluding carboxylic acids is 1. The van der Waals surface area contributed by atoms with Gasteiger partial charge in [0.25, 0.3) is 0 Å². The van der Waals surface area contributed by atoms with Crippen molar-refractivity contribution in [3.63, 3.8) is 0 Å². The largest absolute Gasteiger partial charge is 0.486 e. The van der Waals surface area contributed by atoms with Crippen LogP contribution in [0.3, 0.4) is 0 Å². The number of thiazole rings is 1. The second kappa shape index (κ2) is 9.16. The minimum Gasteiger partial charge on any atom is -0.486 e. The van der Waals surface area contributed by atoms with Crippen LogP contribution in [0.2, 0.25) is 0 Å². The van der Waals surface area contributed by atoms with Gasteiger partial charge in [0.2, 0.25) is 5.91 Å². The smallest absolute Gasteiger partial charge is 0.227 e. The molecule has 0 saturated heterocycles. The number of hydrogen-bond acceptors (Lipinski definition) is 7. The van der Waals surface area contributed by atoms with Crippen molar-refractivity contribution in [1.29, 1.82) is 0 Å². The summed E-state index contributed by atoms with van der Waals surface area (Å²) in [6, 6.07) is 13.7. The molecule has 2 aromatic heterocycles. The van der Waals surface area contributed by atoms with E-state index in [1.807, 2.05) is 59.3 Å². The first-order valence-corrected chi connectivity index (χ1v) is 11.7. The fourth-order valence-corrected chi connectivity index (χ4v) is 4.55. The van der Waals surface area contributed by atoms with Gasteiger partial charge in [-0.2, -0.15) is 5.10 Å². The summed E-state index contributed by atoms with van der Waals surface area (Å²) in [4.78, 5) is 17.2. The Hall–Kier alpha value is -3.50. The number of carbonyl (C=O) groups is 1. The summed E-state index contributed by atoms with van der Waals surface area (Å²) >= 11 is 6.75. The standard InChI is InChI=1S/C23H21N5O3S2/c1-14-3-2-4-16(11-14)21-26-27-23(32)28(21)8-7-20(29)25-22-24-17(13-33-22)15-5-6-18-19(12-15)31-10-9-30-18/h2-6,11-13H,7-10H2,1H3,(H,27,32)(H,24,25,29). The number of rotatable bonds is 6. The Morgan fingerprint density at radius 2 is 2.03 bits per heavy atom. The number of hydrogen-bond donors (Lipinski definition) is 2. The second-order valence-corrected chi connectivity index (χ2v) is 8.81. The first-order valence-electron chi connectivity index (χ1n) is 10.4. The third-order valence-corrected chi connectivity index (χ3v) is 6.25. The van der Waals surface area contributed by atoms with Gasteiger partial charge in [0.1, 0.15) is 13.2 Å². The molecule has 4 aromatic rings. The average molecular weight is 480 g/mol. The Morgan fingerprint density at radius 3 is 2.88 bits per heavy atom. The Morgan fingerprint density at radius 1 is 1.18 bits per heavy atom. The zero-order valence-corrected chi connectivity index (χ0v) is 19.5. The van der Waals surface area contributed by atoms with E-state index in [9.17, 15) is 4.79 Å². The maximum Gasteiger partial charge on any atom is 0.227 e. The number of H-pyrrole nitrogens is 1. The zero-order valence-electron chi connectivity index (χ0n) is 17.8. The Labute approximate surface area is 199 Å². The molecule has 1 aliphatic heterocycles. The molecular weight excluding hydrogens is 458 g/mol. The van der Waals surface area contributed by atoms with E-state index in [0.717, 1.165) is 28.1 Å². The minimum atomic E-state index is -0.142. The Balaban J connectivity index is 1.25. The van der Waals surface area contributed by atoms with E-state index in [2.05, 4.69) is 20.5 Å². The first-order chi connectivity index (χ1) is 16.1. The van der Waals surface area contributed by atoms with Crippen molar-refractivity contribution in [2.45, 2.75) is 19.9 Å². The highest BCUT2D eigenvalue weighted by Gasteiger charge is 2.15. The summed E-state index contributed by atoms with van der Waals surface area (Å²) in [5.74, 6) is 2.01. The molecule has 2 aromatic carbocycles. The number of fused-ring (bicyclic) bond motifs is 1. The van der Waals surface area contributed by atoms with Crippen molar-refractivity contribution in [2.24, 2.45) is 0 Å². The van der Waals surface area contributed by atoms with E-state index < -0.39 is 0 Å². The molecule has 0 bridgehead atoms. The molecule has 3 heterocycles. The van der Waals surface area contributed by atoms with Gasteiger partial charge in [-0.05, 0) is 43.4 Å². The van der Waals surface area contributed by atoms with Crippen LogP contribution in [-0.2, 0) is 11.3 Å². The van der Waals surface area contributed by atoms with Crippen molar-refractivity contribution in [3.8, 4) is 34.1 Å². The topological polar surface area (TPSA) is 94.1 Å². The highest BCUT2D eigenvalue weighted by molar-refractivity contribution is 7.71. The summed E-state index contributed by atoms with van der Waals surface area (Å²) in [6.07, 6.45) is 0.242. The lowest BCUT2D eigenvalue weighted by Crippen LogP contribution is -2.15. The lowest BCUT2D eigenvalue weighted by molar-refractivity contribution is -0.116. The van der Waals surface area contributed by atoms with Gasteiger partial charge in [0.05, 0.1) is 5.69 Å². The van der Waals surface area contributed by atoms with Gasteiger partial charge in [0.15, 0.2) is 27.2 Å². The molecule has 0 atom stereocenters. The van der Waals surface area contributed by atoms with Gasteiger partial charge >= 0.3 is 0 Å². The predicted octanol–water partition coefficient (Wildman–Crippen LogP) is 4.84. The summed E-state index contributed by atoms with van der Waals surface area (Å²) in [5, 5.41) is 12.5. The van der Waals surface area contributed by atoms with Crippen LogP contribution in [-0.4, -0.2) is 38.9 Å². The number of amides is 1. The highest BCUT2D eigenvalue weighted by Crippen LogP contribution is 2.35. The number of aromatic nitrogens is 4. The SMILES string of the molecule is Cc1cccc(-c2n[nH]c(=S)n2CCC(=O)Nc2nc(-c3ccc4c(c3)OCCO4)cs2)c1. The fourth-order valence-electron chi connectivity index (χ4n) is 3.59. The highest BCUT2D eigenvalue weighted by atomic mass is 32.1. The van der Waals surface area contributed by atoms with Crippen LogP contribution in [0.5, 0.6) is 11.5 Å². The molecule has 0 fully saturated rings. The molecule has 10 heteroatoms. The summed E-state index contributed by atoms with van der Waals surface area (Å²) in [6.45, 7) is 3.51. The van der Waals surface area contributed by atoms with E-state index in [0.29, 0.717) is 41.2 Å². The fraction of sp³-hybridized carbons (Fsp3) is 0.217. The quantitative estimate of drug-likeness (QED) is 0.385. The van der Waals surface area contributed by atoms with Crippen LogP contribution in [0.1, 0.15) is 12.0 Å². The van der Waals surface area contributed by atoms with E-state index in [4.69, 9.17) is 21.7 Å². The van der Waals surface area contributed by atoms with Crippen molar-refractivity contribution in [1.82, 2.24) is 19.7 Å². The van der Waals surface area contributed by atoms with Crippen molar-refractivity contribution in [2.75, 3.05) is 18.5 Å². The molecule has 5 rings (SSSR count). The Kier molecular flexibility index (Phi) is 5.93. The molecule has 0 saturated carbocycles.